The van der Waals surface area contributed by atoms with Crippen molar-refractivity contribution in [2.75, 3.05) is 5.32 Å². The molecule has 6 heteroatoms. The summed E-state index contributed by atoms with van der Waals surface area (Å²) in [5.41, 5.74) is 1.62. The lowest BCUT2D eigenvalue weighted by Gasteiger charge is -2.14. The fraction of sp³-hybridized carbons (Fsp3) is 0.188. The average molecular weight is 300 g/mol. The van der Waals surface area contributed by atoms with Gasteiger partial charge >= 0.3 is 0 Å². The highest BCUT2D eigenvalue weighted by atomic mass is 16.6. The van der Waals surface area contributed by atoms with E-state index in [-0.39, 0.29) is 18.0 Å². The quantitative estimate of drug-likeness (QED) is 0.656. The van der Waals surface area contributed by atoms with Crippen molar-refractivity contribution in [3.63, 3.8) is 0 Å². The Kier molecular flexibility index (Phi) is 4.85. The van der Waals surface area contributed by atoms with Gasteiger partial charge in [-0.3, -0.25) is 14.9 Å². The number of nitro benzene ring substituents is 1. The topological polar surface area (TPSA) is 92.5 Å². The summed E-state index contributed by atoms with van der Waals surface area (Å²) in [6.45, 7) is 1.33. The Bertz CT molecular complexity index is 686. The lowest BCUT2D eigenvalue weighted by Crippen LogP contribution is -2.10. The molecule has 0 unspecified atom stereocenters. The lowest BCUT2D eigenvalue weighted by molar-refractivity contribution is -0.384. The molecule has 2 aromatic rings. The van der Waals surface area contributed by atoms with E-state index in [0.29, 0.717) is 11.3 Å². The highest BCUT2D eigenvalue weighted by Crippen LogP contribution is 2.27. The van der Waals surface area contributed by atoms with Crippen molar-refractivity contribution < 1.29 is 14.8 Å². The first-order valence-electron chi connectivity index (χ1n) is 6.75. The minimum absolute atomic E-state index is 0.110. The highest BCUT2D eigenvalue weighted by molar-refractivity contribution is 5.90. The molecule has 0 fully saturated rings. The van der Waals surface area contributed by atoms with Crippen LogP contribution in [-0.4, -0.2) is 15.9 Å². The van der Waals surface area contributed by atoms with Gasteiger partial charge in [0.2, 0.25) is 5.91 Å². The minimum Gasteiger partial charge on any atom is -0.388 e. The third-order valence-corrected chi connectivity index (χ3v) is 3.21. The Balaban J connectivity index is 2.29. The lowest BCUT2D eigenvalue weighted by atomic mass is 10.00. The Morgan fingerprint density at radius 2 is 1.95 bits per heavy atom. The second-order valence-electron chi connectivity index (χ2n) is 4.91. The van der Waals surface area contributed by atoms with Crippen molar-refractivity contribution in [3.8, 4) is 0 Å². The van der Waals surface area contributed by atoms with Gasteiger partial charge in [0, 0.05) is 25.5 Å². The number of hydrogen-bond acceptors (Lipinski definition) is 4. The fourth-order valence-electron chi connectivity index (χ4n) is 2.16. The summed E-state index contributed by atoms with van der Waals surface area (Å²) >= 11 is 0. The van der Waals surface area contributed by atoms with E-state index in [0.717, 1.165) is 5.56 Å². The summed E-state index contributed by atoms with van der Waals surface area (Å²) in [6.07, 6.45) is -0.507. The standard InChI is InChI=1S/C16H16N2O4/c1-11(19)17-15-10-14(18(21)22)8-7-13(15)9-16(20)12-5-3-2-4-6-12/h2-8,10,16,20H,9H2,1H3,(H,17,19)/t16-/m1/s1. The van der Waals surface area contributed by atoms with Crippen molar-refractivity contribution in [1.29, 1.82) is 0 Å². The maximum Gasteiger partial charge on any atom is 0.271 e. The zero-order valence-corrected chi connectivity index (χ0v) is 12.0. The molecule has 2 N–H and O–H groups in total. The monoisotopic (exact) mass is 300 g/mol. The van der Waals surface area contributed by atoms with Gasteiger partial charge in [0.25, 0.3) is 5.69 Å². The fourth-order valence-corrected chi connectivity index (χ4v) is 2.16. The molecule has 0 aliphatic carbocycles. The van der Waals surface area contributed by atoms with E-state index in [1.54, 1.807) is 18.2 Å². The van der Waals surface area contributed by atoms with Crippen molar-refractivity contribution in [2.45, 2.75) is 19.4 Å². The SMILES string of the molecule is CC(=O)Nc1cc([N+](=O)[O-])ccc1C[C@@H](O)c1ccccc1. The van der Waals surface area contributed by atoms with Crippen LogP contribution in [0.1, 0.15) is 24.2 Å². The van der Waals surface area contributed by atoms with Crippen molar-refractivity contribution in [3.05, 3.63) is 69.8 Å². The summed E-state index contributed by atoms with van der Waals surface area (Å²) in [6, 6.07) is 13.3. The molecular formula is C16H16N2O4. The van der Waals surface area contributed by atoms with Crippen molar-refractivity contribution in [2.24, 2.45) is 0 Å². The van der Waals surface area contributed by atoms with Crippen LogP contribution in [0.3, 0.4) is 0 Å². The molecule has 0 bridgehead atoms. The van der Waals surface area contributed by atoms with Gasteiger partial charge in [0.05, 0.1) is 16.7 Å². The van der Waals surface area contributed by atoms with E-state index in [1.807, 2.05) is 18.2 Å². The summed E-state index contributed by atoms with van der Waals surface area (Å²) in [5.74, 6) is -0.323. The van der Waals surface area contributed by atoms with E-state index in [1.165, 1.54) is 19.1 Å². The molecule has 0 saturated carbocycles. The van der Waals surface area contributed by atoms with E-state index in [9.17, 15) is 20.0 Å². The predicted molar refractivity (Wildman–Crippen MR) is 82.5 cm³/mol. The number of hydrogen-bond donors (Lipinski definition) is 2. The summed E-state index contributed by atoms with van der Waals surface area (Å²) < 4.78 is 0. The molecule has 22 heavy (non-hydrogen) atoms. The molecule has 0 aliphatic heterocycles. The molecule has 0 aromatic heterocycles. The van der Waals surface area contributed by atoms with Gasteiger partial charge < -0.3 is 10.4 Å². The zero-order valence-electron chi connectivity index (χ0n) is 12.0. The Morgan fingerprint density at radius 1 is 1.27 bits per heavy atom. The molecule has 1 amide bonds. The van der Waals surface area contributed by atoms with Gasteiger partial charge in [0.15, 0.2) is 0 Å². The maximum atomic E-state index is 11.3. The number of benzene rings is 2. The van der Waals surface area contributed by atoms with Crippen LogP contribution in [0.4, 0.5) is 11.4 Å². The van der Waals surface area contributed by atoms with E-state index in [2.05, 4.69) is 5.32 Å². The number of aliphatic hydroxyl groups excluding tert-OH is 1. The molecule has 0 saturated heterocycles. The first-order valence-corrected chi connectivity index (χ1v) is 6.75. The van der Waals surface area contributed by atoms with Crippen LogP contribution in [0, 0.1) is 10.1 Å². The molecule has 0 spiro atoms. The molecule has 0 heterocycles. The van der Waals surface area contributed by atoms with Crippen LogP contribution in [0.2, 0.25) is 0 Å². The van der Waals surface area contributed by atoms with Crippen LogP contribution in [0.5, 0.6) is 0 Å². The van der Waals surface area contributed by atoms with Crippen LogP contribution >= 0.6 is 0 Å². The predicted octanol–water partition coefficient (Wildman–Crippen LogP) is 2.83. The van der Waals surface area contributed by atoms with E-state index in [4.69, 9.17) is 0 Å². The normalized spacial score (nSPS) is 11.7. The zero-order chi connectivity index (χ0) is 16.1. The van der Waals surface area contributed by atoms with Crippen molar-refractivity contribution in [1.82, 2.24) is 0 Å². The summed E-state index contributed by atoms with van der Waals surface area (Å²) in [4.78, 5) is 21.6. The van der Waals surface area contributed by atoms with Crippen LogP contribution in [0.15, 0.2) is 48.5 Å². The maximum absolute atomic E-state index is 11.3. The highest BCUT2D eigenvalue weighted by Gasteiger charge is 2.15. The molecule has 0 radical (unpaired) electrons. The van der Waals surface area contributed by atoms with Crippen LogP contribution in [0.25, 0.3) is 0 Å². The summed E-state index contributed by atoms with van der Waals surface area (Å²) in [5, 5.41) is 23.7. The van der Waals surface area contributed by atoms with E-state index < -0.39 is 11.0 Å². The second-order valence-corrected chi connectivity index (χ2v) is 4.91. The third-order valence-electron chi connectivity index (χ3n) is 3.21. The Morgan fingerprint density at radius 3 is 2.55 bits per heavy atom. The molecule has 2 aromatic carbocycles. The van der Waals surface area contributed by atoms with E-state index >= 15 is 0 Å². The first kappa shape index (κ1) is 15.7. The van der Waals surface area contributed by atoms with Gasteiger partial charge in [-0.2, -0.15) is 0 Å². The van der Waals surface area contributed by atoms with Gasteiger partial charge in [-0.15, -0.1) is 0 Å². The number of nitrogens with zero attached hydrogens (tertiary/aromatic N) is 1. The number of rotatable bonds is 5. The number of carbonyl (C=O) groups is 1. The Hall–Kier alpha value is -2.73. The first-order chi connectivity index (χ1) is 10.5. The number of nitro groups is 1. The second kappa shape index (κ2) is 6.82. The molecule has 114 valence electrons. The molecule has 6 nitrogen and oxygen atoms in total. The number of carbonyl (C=O) groups excluding carboxylic acids is 1. The van der Waals surface area contributed by atoms with Gasteiger partial charge in [0.1, 0.15) is 0 Å². The largest absolute Gasteiger partial charge is 0.388 e. The Labute approximate surface area is 127 Å². The third kappa shape index (κ3) is 3.89. The van der Waals surface area contributed by atoms with Gasteiger partial charge in [-0.1, -0.05) is 36.4 Å². The van der Waals surface area contributed by atoms with Crippen LogP contribution < -0.4 is 5.32 Å². The number of non-ortho nitro benzene ring substituents is 1. The molecular weight excluding hydrogens is 284 g/mol. The number of nitrogens with one attached hydrogen (secondary N) is 1. The molecule has 0 aliphatic rings. The van der Waals surface area contributed by atoms with Crippen molar-refractivity contribution >= 4 is 17.3 Å². The average Bonchev–Trinajstić information content (AvgIpc) is 2.49. The van der Waals surface area contributed by atoms with Gasteiger partial charge in [-0.25, -0.2) is 0 Å². The summed E-state index contributed by atoms with van der Waals surface area (Å²) in [7, 11) is 0. The van der Waals surface area contributed by atoms with Crippen LogP contribution in [-0.2, 0) is 11.2 Å². The molecule has 2 rings (SSSR count). The number of aliphatic hydroxyl groups is 1. The number of anilines is 1. The minimum atomic E-state index is -0.754. The molecule has 1 atom stereocenters. The number of amides is 1. The smallest absolute Gasteiger partial charge is 0.271 e. The van der Waals surface area contributed by atoms with Gasteiger partial charge in [-0.05, 0) is 11.1 Å².